The quantitative estimate of drug-likeness (QED) is 0.0979. The second-order valence-electron chi connectivity index (χ2n) is 12.5. The molecule has 1 aliphatic carbocycles. The summed E-state index contributed by atoms with van der Waals surface area (Å²) in [5.74, 6) is -2.27. The molecule has 5 nitrogen and oxygen atoms in total. The highest BCUT2D eigenvalue weighted by Crippen LogP contribution is 2.43. The van der Waals surface area contributed by atoms with Crippen molar-refractivity contribution in [3.8, 4) is 5.75 Å². The van der Waals surface area contributed by atoms with Crippen LogP contribution in [0.5, 0.6) is 5.75 Å². The van der Waals surface area contributed by atoms with Crippen molar-refractivity contribution in [2.45, 2.75) is 116 Å². The van der Waals surface area contributed by atoms with Crippen LogP contribution in [-0.4, -0.2) is 29.8 Å². The number of hydrogen-bond donors (Lipinski definition) is 1. The van der Waals surface area contributed by atoms with Gasteiger partial charge in [0.05, 0.1) is 18.3 Å². The van der Waals surface area contributed by atoms with Crippen molar-refractivity contribution in [3.05, 3.63) is 89.3 Å². The van der Waals surface area contributed by atoms with Gasteiger partial charge in [-0.3, -0.25) is 4.79 Å². The Morgan fingerprint density at radius 3 is 2.09 bits per heavy atom. The van der Waals surface area contributed by atoms with E-state index in [4.69, 9.17) is 9.47 Å². The lowest BCUT2D eigenvalue weighted by Gasteiger charge is -2.31. The van der Waals surface area contributed by atoms with Gasteiger partial charge >= 0.3 is 11.9 Å². The van der Waals surface area contributed by atoms with Gasteiger partial charge in [-0.25, -0.2) is 9.18 Å². The summed E-state index contributed by atoms with van der Waals surface area (Å²) in [6.45, 7) is 8.76. The molecular weight excluding hydrogens is 555 g/mol. The summed E-state index contributed by atoms with van der Waals surface area (Å²) in [4.78, 5) is 25.8. The van der Waals surface area contributed by atoms with Crippen LogP contribution in [0.1, 0.15) is 126 Å². The lowest BCUT2D eigenvalue weighted by molar-refractivity contribution is -0.141. The highest BCUT2D eigenvalue weighted by molar-refractivity contribution is 5.97. The molecule has 240 valence electrons. The fourth-order valence-corrected chi connectivity index (χ4v) is 5.92. The normalized spacial score (nSPS) is 18.6. The minimum atomic E-state index is -2.12. The Bertz CT molecular complexity index is 1250. The molecule has 0 aliphatic heterocycles. The van der Waals surface area contributed by atoms with Gasteiger partial charge in [0.15, 0.2) is 5.41 Å². The third-order valence-corrected chi connectivity index (χ3v) is 8.31. The summed E-state index contributed by atoms with van der Waals surface area (Å²) in [5, 5.41) is 10.3. The van der Waals surface area contributed by atoms with E-state index in [1.54, 1.807) is 25.1 Å². The van der Waals surface area contributed by atoms with Gasteiger partial charge < -0.3 is 14.6 Å². The number of allylic oxidation sites excluding steroid dienone is 2. The van der Waals surface area contributed by atoms with E-state index in [-0.39, 0.29) is 17.2 Å². The van der Waals surface area contributed by atoms with Crippen molar-refractivity contribution < 1.29 is 28.6 Å². The van der Waals surface area contributed by atoms with Gasteiger partial charge in [0.25, 0.3) is 0 Å². The van der Waals surface area contributed by atoms with Crippen molar-refractivity contribution >= 4 is 11.9 Å². The van der Waals surface area contributed by atoms with Gasteiger partial charge in [-0.2, -0.15) is 0 Å². The van der Waals surface area contributed by atoms with E-state index in [0.717, 1.165) is 24.2 Å². The summed E-state index contributed by atoms with van der Waals surface area (Å²) in [6, 6.07) is 13.7. The van der Waals surface area contributed by atoms with Crippen molar-refractivity contribution in [2.24, 2.45) is 5.92 Å². The summed E-state index contributed by atoms with van der Waals surface area (Å²) in [6.07, 6.45) is 17.4. The fourth-order valence-electron chi connectivity index (χ4n) is 5.92. The lowest BCUT2D eigenvalue weighted by Crippen LogP contribution is -2.38. The molecule has 3 rings (SSSR count). The zero-order chi connectivity index (χ0) is 32.0. The van der Waals surface area contributed by atoms with Gasteiger partial charge in [0.1, 0.15) is 11.6 Å². The number of ether oxygens (including phenoxy) is 2. The maximum absolute atomic E-state index is 16.0. The predicted molar refractivity (Wildman–Crippen MR) is 175 cm³/mol. The van der Waals surface area contributed by atoms with Crippen LogP contribution in [0, 0.1) is 5.92 Å². The molecule has 0 fully saturated rings. The topological polar surface area (TPSA) is 72.8 Å². The minimum absolute atomic E-state index is 0.0427. The van der Waals surface area contributed by atoms with E-state index in [1.807, 2.05) is 38.1 Å². The van der Waals surface area contributed by atoms with Crippen LogP contribution in [0.15, 0.2) is 72.6 Å². The molecule has 3 unspecified atom stereocenters. The molecule has 0 amide bonds. The average molecular weight is 607 g/mol. The van der Waals surface area contributed by atoms with Gasteiger partial charge in [0, 0.05) is 5.92 Å². The molecule has 0 spiro atoms. The molecule has 0 radical (unpaired) electrons. The second kappa shape index (κ2) is 17.8. The Kier molecular flexibility index (Phi) is 14.2. The average Bonchev–Trinajstić information content (AvgIpc) is 2.99. The van der Waals surface area contributed by atoms with Gasteiger partial charge in [-0.1, -0.05) is 121 Å². The van der Waals surface area contributed by atoms with E-state index in [2.05, 4.69) is 6.92 Å². The minimum Gasteiger partial charge on any atom is -0.494 e. The number of halogens is 1. The molecule has 44 heavy (non-hydrogen) atoms. The number of benzene rings is 2. The van der Waals surface area contributed by atoms with E-state index >= 15 is 4.39 Å². The Morgan fingerprint density at radius 2 is 1.50 bits per heavy atom. The molecule has 1 aliphatic rings. The first-order valence-corrected chi connectivity index (χ1v) is 16.5. The van der Waals surface area contributed by atoms with Crippen molar-refractivity contribution in [3.63, 3.8) is 0 Å². The summed E-state index contributed by atoms with van der Waals surface area (Å²) >= 11 is 0. The molecule has 1 N–H and O–H groups in total. The van der Waals surface area contributed by atoms with Crippen LogP contribution < -0.4 is 4.74 Å². The smallest absolute Gasteiger partial charge is 0.338 e. The van der Waals surface area contributed by atoms with Gasteiger partial charge in [-0.15, -0.1) is 0 Å². The van der Waals surface area contributed by atoms with Gasteiger partial charge in [0.2, 0.25) is 0 Å². The maximum atomic E-state index is 16.0. The molecule has 0 saturated heterocycles. The molecule has 2 aromatic carbocycles. The number of hydrogen-bond acceptors (Lipinski definition) is 4. The van der Waals surface area contributed by atoms with Crippen LogP contribution in [-0.2, 0) is 14.9 Å². The molecule has 0 saturated carbocycles. The number of esters is 1. The summed E-state index contributed by atoms with van der Waals surface area (Å²) in [5.41, 5.74) is -1.21. The third-order valence-electron chi connectivity index (χ3n) is 8.31. The first-order chi connectivity index (χ1) is 21.2. The Hall–Kier alpha value is -3.41. The number of carbonyl (C=O) groups excluding carboxylic acids is 1. The van der Waals surface area contributed by atoms with Crippen LogP contribution in [0.2, 0.25) is 0 Å². The van der Waals surface area contributed by atoms with Crippen molar-refractivity contribution in [1.82, 2.24) is 0 Å². The summed E-state index contributed by atoms with van der Waals surface area (Å²) in [7, 11) is 0. The number of aliphatic carboxylic acids is 1. The van der Waals surface area contributed by atoms with E-state index in [9.17, 15) is 14.7 Å². The SMILES string of the molecule is CCCCCCCCCCCCOc1ccc(C2C=CC(C(=O)O)(c3ccccc3C(=O)OC(C)CC(C)C)C(F)=C2)cc1. The second-order valence-corrected chi connectivity index (χ2v) is 12.5. The molecule has 2 aromatic rings. The molecule has 3 atom stereocenters. The highest BCUT2D eigenvalue weighted by Gasteiger charge is 2.47. The largest absolute Gasteiger partial charge is 0.494 e. The zero-order valence-corrected chi connectivity index (χ0v) is 27.0. The molecule has 0 heterocycles. The monoisotopic (exact) mass is 606 g/mol. The van der Waals surface area contributed by atoms with Crippen molar-refractivity contribution in [1.29, 1.82) is 0 Å². The molecule has 0 aromatic heterocycles. The molecule has 0 bridgehead atoms. The van der Waals surface area contributed by atoms with Crippen LogP contribution >= 0.6 is 0 Å². The summed E-state index contributed by atoms with van der Waals surface area (Å²) < 4.78 is 27.5. The standard InChI is InChI=1S/C38H51FO5/c1-5-6-7-8-9-10-11-12-13-16-25-43-32-21-19-30(20-22-32)31-23-24-38(37(41)42,35(39)27-31)34-18-15-14-17-33(34)36(40)44-29(4)26-28(2)3/h14-15,17-24,27-29,31H,5-13,16,25-26H2,1-4H3,(H,41,42). The van der Waals surface area contributed by atoms with E-state index < -0.39 is 29.1 Å². The fraction of sp³-hybridized carbons (Fsp3) is 0.526. The Balaban J connectivity index is 1.60. The molecule has 6 heteroatoms. The van der Waals surface area contributed by atoms with Crippen LogP contribution in [0.25, 0.3) is 0 Å². The maximum Gasteiger partial charge on any atom is 0.338 e. The highest BCUT2D eigenvalue weighted by atomic mass is 19.1. The first-order valence-electron chi connectivity index (χ1n) is 16.5. The Labute approximate surface area is 263 Å². The lowest BCUT2D eigenvalue weighted by atomic mass is 9.72. The van der Waals surface area contributed by atoms with Crippen LogP contribution in [0.3, 0.4) is 0 Å². The van der Waals surface area contributed by atoms with Gasteiger partial charge in [-0.05, 0) is 61.1 Å². The number of carboxylic acid groups (broad SMARTS) is 1. The number of carboxylic acids is 1. The number of unbranched alkanes of at least 4 members (excludes halogenated alkanes) is 9. The van der Waals surface area contributed by atoms with Crippen molar-refractivity contribution in [2.75, 3.05) is 6.61 Å². The number of rotatable bonds is 19. The number of carbonyl (C=O) groups is 2. The predicted octanol–water partition coefficient (Wildman–Crippen LogP) is 10.1. The van der Waals surface area contributed by atoms with E-state index in [1.165, 1.54) is 75.7 Å². The molecular formula is C38H51FO5. The van der Waals surface area contributed by atoms with Crippen LogP contribution in [0.4, 0.5) is 4.39 Å². The Morgan fingerprint density at radius 1 is 0.886 bits per heavy atom. The zero-order valence-electron chi connectivity index (χ0n) is 27.0. The first kappa shape index (κ1) is 35.1. The van der Waals surface area contributed by atoms with E-state index in [0.29, 0.717) is 18.9 Å². The third kappa shape index (κ3) is 9.80.